The Morgan fingerprint density at radius 2 is 2.05 bits per heavy atom. The first kappa shape index (κ1) is 13.6. The molecular weight excluding hydrogens is 274 g/mol. The summed E-state index contributed by atoms with van der Waals surface area (Å²) in [6.45, 7) is 3.13. The predicted octanol–water partition coefficient (Wildman–Crippen LogP) is 0.688. The molecule has 2 aliphatic rings. The minimum Gasteiger partial charge on any atom is -0.349 e. The maximum atomic E-state index is 12.1. The van der Waals surface area contributed by atoms with Crippen LogP contribution in [0.2, 0.25) is 0 Å². The number of carbonyl (C=O) groups is 2. The first-order valence-electron chi connectivity index (χ1n) is 7.06. The molecule has 0 aliphatic carbocycles. The van der Waals surface area contributed by atoms with E-state index >= 15 is 0 Å². The molecule has 0 atom stereocenters. The van der Waals surface area contributed by atoms with Gasteiger partial charge in [0.05, 0.1) is 5.92 Å². The molecule has 0 bridgehead atoms. The molecule has 0 unspecified atom stereocenters. The Kier molecular flexibility index (Phi) is 4.03. The highest BCUT2D eigenvalue weighted by Gasteiger charge is 2.31. The summed E-state index contributed by atoms with van der Waals surface area (Å²) in [5.74, 6) is 0.442. The minimum atomic E-state index is -0.000723. The quantitative estimate of drug-likeness (QED) is 0.862. The fourth-order valence-corrected chi connectivity index (χ4v) is 3.26. The van der Waals surface area contributed by atoms with Crippen molar-refractivity contribution in [3.05, 3.63) is 22.4 Å². The second-order valence-electron chi connectivity index (χ2n) is 5.44. The molecule has 0 spiro atoms. The Morgan fingerprint density at radius 1 is 1.30 bits per heavy atom. The number of amides is 2. The maximum absolute atomic E-state index is 12.1. The second-order valence-corrected chi connectivity index (χ2v) is 6.22. The summed E-state index contributed by atoms with van der Waals surface area (Å²) < 4.78 is 0. The van der Waals surface area contributed by atoms with Gasteiger partial charge >= 0.3 is 0 Å². The van der Waals surface area contributed by atoms with Gasteiger partial charge in [0.15, 0.2) is 0 Å². The summed E-state index contributed by atoms with van der Waals surface area (Å²) in [6.07, 6.45) is 1.70. The van der Waals surface area contributed by atoms with Crippen molar-refractivity contribution >= 4 is 23.2 Å². The standard InChI is InChI=1S/C14H19N3O2S/c18-13(10-3-6-20-9-10)16-12-1-4-17(5-2-12)14(19)11-7-15-8-11/h3,6,9,11-12,15H,1-2,4-5,7-8H2,(H,16,18). The molecule has 6 heteroatoms. The highest BCUT2D eigenvalue weighted by molar-refractivity contribution is 7.08. The van der Waals surface area contributed by atoms with Gasteiger partial charge in [-0.25, -0.2) is 0 Å². The SMILES string of the molecule is O=C(NC1CCN(C(=O)C2CNC2)CC1)c1ccsc1. The van der Waals surface area contributed by atoms with E-state index in [9.17, 15) is 9.59 Å². The summed E-state index contributed by atoms with van der Waals surface area (Å²) in [6, 6.07) is 2.02. The zero-order chi connectivity index (χ0) is 13.9. The van der Waals surface area contributed by atoms with E-state index in [4.69, 9.17) is 0 Å². The number of hydrogen-bond donors (Lipinski definition) is 2. The van der Waals surface area contributed by atoms with Crippen molar-refractivity contribution in [2.24, 2.45) is 5.92 Å². The van der Waals surface area contributed by atoms with E-state index in [0.29, 0.717) is 0 Å². The molecule has 3 rings (SSSR count). The molecule has 2 aliphatic heterocycles. The fourth-order valence-electron chi connectivity index (χ4n) is 2.63. The third-order valence-electron chi connectivity index (χ3n) is 4.06. The molecule has 2 saturated heterocycles. The average molecular weight is 293 g/mol. The normalized spacial score (nSPS) is 20.5. The van der Waals surface area contributed by atoms with Crippen molar-refractivity contribution in [2.75, 3.05) is 26.2 Å². The molecule has 0 radical (unpaired) electrons. The third-order valence-corrected chi connectivity index (χ3v) is 4.74. The van der Waals surface area contributed by atoms with Gasteiger partial charge in [-0.2, -0.15) is 11.3 Å². The van der Waals surface area contributed by atoms with Gasteiger partial charge in [0.2, 0.25) is 5.91 Å². The molecule has 1 aromatic rings. The van der Waals surface area contributed by atoms with Crippen LogP contribution in [0.5, 0.6) is 0 Å². The van der Waals surface area contributed by atoms with E-state index in [2.05, 4.69) is 10.6 Å². The van der Waals surface area contributed by atoms with Crippen LogP contribution in [0.25, 0.3) is 0 Å². The number of rotatable bonds is 3. The van der Waals surface area contributed by atoms with Gasteiger partial charge in [-0.15, -0.1) is 0 Å². The van der Waals surface area contributed by atoms with Crippen LogP contribution in [0.3, 0.4) is 0 Å². The largest absolute Gasteiger partial charge is 0.349 e. The van der Waals surface area contributed by atoms with Gasteiger partial charge in [0.1, 0.15) is 0 Å². The molecule has 2 fully saturated rings. The first-order valence-corrected chi connectivity index (χ1v) is 8.01. The first-order chi connectivity index (χ1) is 9.74. The number of nitrogens with one attached hydrogen (secondary N) is 2. The number of nitrogens with zero attached hydrogens (tertiary/aromatic N) is 1. The zero-order valence-corrected chi connectivity index (χ0v) is 12.1. The van der Waals surface area contributed by atoms with E-state index in [1.807, 2.05) is 21.7 Å². The summed E-state index contributed by atoms with van der Waals surface area (Å²) in [5.41, 5.74) is 0.731. The number of hydrogen-bond acceptors (Lipinski definition) is 4. The fraction of sp³-hybridized carbons (Fsp3) is 0.571. The predicted molar refractivity (Wildman–Crippen MR) is 77.7 cm³/mol. The van der Waals surface area contributed by atoms with E-state index in [0.717, 1.165) is 44.6 Å². The van der Waals surface area contributed by atoms with Crippen molar-refractivity contribution in [2.45, 2.75) is 18.9 Å². The lowest BCUT2D eigenvalue weighted by Crippen LogP contribution is -2.55. The third kappa shape index (κ3) is 2.86. The Bertz CT molecular complexity index is 477. The average Bonchev–Trinajstić information content (AvgIpc) is 2.91. The molecule has 2 amide bonds. The van der Waals surface area contributed by atoms with Gasteiger partial charge in [-0.1, -0.05) is 0 Å². The molecule has 5 nitrogen and oxygen atoms in total. The molecule has 0 saturated carbocycles. The van der Waals surface area contributed by atoms with Gasteiger partial charge in [0.25, 0.3) is 5.91 Å². The number of thiophene rings is 1. The number of piperidine rings is 1. The van der Waals surface area contributed by atoms with Gasteiger partial charge in [-0.3, -0.25) is 9.59 Å². The Morgan fingerprint density at radius 3 is 2.60 bits per heavy atom. The van der Waals surface area contributed by atoms with Crippen LogP contribution in [0.15, 0.2) is 16.8 Å². The molecular formula is C14H19N3O2S. The summed E-state index contributed by atoms with van der Waals surface area (Å²) in [5, 5.41) is 9.95. The van der Waals surface area contributed by atoms with Crippen molar-refractivity contribution in [3.63, 3.8) is 0 Å². The molecule has 108 valence electrons. The molecule has 1 aromatic heterocycles. The topological polar surface area (TPSA) is 61.4 Å². The molecule has 2 N–H and O–H groups in total. The van der Waals surface area contributed by atoms with Crippen molar-refractivity contribution in [1.29, 1.82) is 0 Å². The Hall–Kier alpha value is -1.40. The lowest BCUT2D eigenvalue weighted by Gasteiger charge is -2.37. The lowest BCUT2D eigenvalue weighted by molar-refractivity contribution is -0.138. The second kappa shape index (κ2) is 5.93. The van der Waals surface area contributed by atoms with Crippen molar-refractivity contribution in [1.82, 2.24) is 15.5 Å². The smallest absolute Gasteiger partial charge is 0.252 e. The lowest BCUT2D eigenvalue weighted by atomic mass is 9.98. The van der Waals surface area contributed by atoms with Crippen LogP contribution in [0.4, 0.5) is 0 Å². The van der Waals surface area contributed by atoms with Gasteiger partial charge < -0.3 is 15.5 Å². The number of carbonyl (C=O) groups excluding carboxylic acids is 2. The van der Waals surface area contributed by atoms with Crippen molar-refractivity contribution in [3.8, 4) is 0 Å². The maximum Gasteiger partial charge on any atom is 0.252 e. The van der Waals surface area contributed by atoms with E-state index < -0.39 is 0 Å². The molecule has 3 heterocycles. The summed E-state index contributed by atoms with van der Waals surface area (Å²) >= 11 is 1.53. The van der Waals surface area contributed by atoms with Crippen LogP contribution in [-0.2, 0) is 4.79 Å². The monoisotopic (exact) mass is 293 g/mol. The van der Waals surface area contributed by atoms with E-state index in [1.54, 1.807) is 0 Å². The Labute approximate surface area is 122 Å². The summed E-state index contributed by atoms with van der Waals surface area (Å²) in [4.78, 5) is 26.0. The molecule has 20 heavy (non-hydrogen) atoms. The van der Waals surface area contributed by atoms with Crippen molar-refractivity contribution < 1.29 is 9.59 Å². The van der Waals surface area contributed by atoms with Crippen LogP contribution >= 0.6 is 11.3 Å². The van der Waals surface area contributed by atoms with Crippen LogP contribution < -0.4 is 10.6 Å². The van der Waals surface area contributed by atoms with Gasteiger partial charge in [-0.05, 0) is 24.3 Å². The van der Waals surface area contributed by atoms with E-state index in [-0.39, 0.29) is 23.8 Å². The highest BCUT2D eigenvalue weighted by Crippen LogP contribution is 2.16. The molecule has 0 aromatic carbocycles. The van der Waals surface area contributed by atoms with Crippen LogP contribution in [0.1, 0.15) is 23.2 Å². The highest BCUT2D eigenvalue weighted by atomic mass is 32.1. The van der Waals surface area contributed by atoms with E-state index in [1.165, 1.54) is 11.3 Å². The minimum absolute atomic E-state index is 0.000723. The van der Waals surface area contributed by atoms with Crippen LogP contribution in [-0.4, -0.2) is 48.9 Å². The zero-order valence-electron chi connectivity index (χ0n) is 11.3. The van der Waals surface area contributed by atoms with Crippen LogP contribution in [0, 0.1) is 5.92 Å². The number of likely N-dealkylation sites (tertiary alicyclic amines) is 1. The Balaban J connectivity index is 1.46. The summed E-state index contributed by atoms with van der Waals surface area (Å²) in [7, 11) is 0. The van der Waals surface area contributed by atoms with Gasteiger partial charge in [0, 0.05) is 43.2 Å².